The number of nitrogens with two attached hydrogens (primary N) is 2. The SMILES string of the molecule is Nc1cccc(NC(=O)c2ccc3c4ccc(C(=O)O)c5c(C(=O)O)ccc(c6ccc(C(=O)Nc7cccc(N)c7)c2c36)c54)c1. The number of hydrogen-bond donors (Lipinski definition) is 6. The van der Waals surface area contributed by atoms with Crippen molar-refractivity contribution < 1.29 is 29.4 Å². The molecule has 0 bridgehead atoms. The third kappa shape index (κ3) is 4.44. The van der Waals surface area contributed by atoms with Crippen LogP contribution >= 0.6 is 0 Å². The molecule has 0 atom stereocenters. The summed E-state index contributed by atoms with van der Waals surface area (Å²) in [5.41, 5.74) is 13.9. The number of carboxylic acids is 2. The normalized spacial score (nSPS) is 11.3. The predicted molar refractivity (Wildman–Crippen MR) is 179 cm³/mol. The molecule has 0 spiro atoms. The highest BCUT2D eigenvalue weighted by Gasteiger charge is 2.26. The Bertz CT molecular complexity index is 2290. The molecule has 0 unspecified atom stereocenters. The van der Waals surface area contributed by atoms with Gasteiger partial charge >= 0.3 is 11.9 Å². The molecule has 7 rings (SSSR count). The third-order valence-corrected chi connectivity index (χ3v) is 8.14. The minimum absolute atomic E-state index is 0.0979. The summed E-state index contributed by atoms with van der Waals surface area (Å²) in [5.74, 6) is -3.48. The van der Waals surface area contributed by atoms with Gasteiger partial charge in [-0.05, 0) is 93.0 Å². The molecule has 0 aliphatic carbocycles. The minimum atomic E-state index is -1.26. The van der Waals surface area contributed by atoms with Crippen molar-refractivity contribution in [3.63, 3.8) is 0 Å². The third-order valence-electron chi connectivity index (χ3n) is 8.14. The van der Waals surface area contributed by atoms with Crippen molar-refractivity contribution in [3.8, 4) is 0 Å². The highest BCUT2D eigenvalue weighted by Crippen LogP contribution is 2.44. The van der Waals surface area contributed by atoms with E-state index in [1.807, 2.05) is 0 Å². The van der Waals surface area contributed by atoms with Gasteiger partial charge in [0.2, 0.25) is 0 Å². The molecule has 10 heteroatoms. The molecule has 7 aromatic rings. The number of amides is 2. The number of nitrogens with one attached hydrogen (secondary N) is 2. The summed E-state index contributed by atoms with van der Waals surface area (Å²) in [5, 5.41) is 29.6. The molecule has 224 valence electrons. The number of carbonyl (C=O) groups excluding carboxylic acids is 2. The van der Waals surface area contributed by atoms with Crippen molar-refractivity contribution in [2.24, 2.45) is 0 Å². The lowest BCUT2D eigenvalue weighted by Crippen LogP contribution is -2.17. The summed E-state index contributed by atoms with van der Waals surface area (Å²) in [4.78, 5) is 52.3. The number of rotatable bonds is 6. The number of carbonyl (C=O) groups is 4. The predicted octanol–water partition coefficient (Wildman–Crippen LogP) is 6.80. The van der Waals surface area contributed by atoms with Gasteiger partial charge in [-0.3, -0.25) is 9.59 Å². The van der Waals surface area contributed by atoms with Gasteiger partial charge in [0, 0.05) is 44.6 Å². The summed E-state index contributed by atoms with van der Waals surface area (Å²) in [6.07, 6.45) is 0. The largest absolute Gasteiger partial charge is 0.478 e. The van der Waals surface area contributed by atoms with Crippen LogP contribution in [0.3, 0.4) is 0 Å². The Kier molecular flexibility index (Phi) is 6.41. The lowest BCUT2D eigenvalue weighted by molar-refractivity contribution is 0.0695. The van der Waals surface area contributed by atoms with Gasteiger partial charge in [-0.25, -0.2) is 9.59 Å². The molecular weight excluding hydrogens is 584 g/mol. The molecule has 0 fully saturated rings. The number of carboxylic acid groups (broad SMARTS) is 2. The maximum Gasteiger partial charge on any atom is 0.336 e. The van der Waals surface area contributed by atoms with Crippen LogP contribution < -0.4 is 22.1 Å². The van der Waals surface area contributed by atoms with E-state index >= 15 is 0 Å². The van der Waals surface area contributed by atoms with E-state index in [0.717, 1.165) is 0 Å². The first-order valence-electron chi connectivity index (χ1n) is 14.1. The monoisotopic (exact) mass is 608 g/mol. The van der Waals surface area contributed by atoms with Crippen LogP contribution in [0.25, 0.3) is 43.1 Å². The summed E-state index contributed by atoms with van der Waals surface area (Å²) < 4.78 is 0. The van der Waals surface area contributed by atoms with Crippen molar-refractivity contribution in [2.45, 2.75) is 0 Å². The van der Waals surface area contributed by atoms with Gasteiger partial charge in [0.1, 0.15) is 0 Å². The van der Waals surface area contributed by atoms with Gasteiger partial charge in [0.05, 0.1) is 11.1 Å². The Morgan fingerprint density at radius 1 is 0.457 bits per heavy atom. The Balaban J connectivity index is 1.56. The topological polar surface area (TPSA) is 185 Å². The van der Waals surface area contributed by atoms with Gasteiger partial charge in [-0.15, -0.1) is 0 Å². The molecule has 0 aromatic heterocycles. The first-order valence-corrected chi connectivity index (χ1v) is 14.1. The van der Waals surface area contributed by atoms with Crippen molar-refractivity contribution >= 4 is 89.6 Å². The molecule has 7 aromatic carbocycles. The number of nitrogen functional groups attached to an aromatic ring is 2. The molecule has 0 heterocycles. The van der Waals surface area contributed by atoms with E-state index in [1.54, 1.807) is 84.9 Å². The highest BCUT2D eigenvalue weighted by molar-refractivity contribution is 6.39. The van der Waals surface area contributed by atoms with Crippen molar-refractivity contribution in [1.29, 1.82) is 0 Å². The molecule has 0 saturated carbocycles. The molecule has 0 radical (unpaired) electrons. The Morgan fingerprint density at radius 3 is 1.15 bits per heavy atom. The first kappa shape index (κ1) is 28.1. The number of hydrogen-bond acceptors (Lipinski definition) is 6. The van der Waals surface area contributed by atoms with Crippen molar-refractivity contribution in [2.75, 3.05) is 22.1 Å². The number of fused-ring (bicyclic) bond motifs is 2. The van der Waals surface area contributed by atoms with E-state index in [0.29, 0.717) is 60.5 Å². The van der Waals surface area contributed by atoms with Gasteiger partial charge in [-0.2, -0.15) is 0 Å². The zero-order valence-electron chi connectivity index (χ0n) is 23.9. The van der Waals surface area contributed by atoms with Crippen molar-refractivity contribution in [3.05, 3.63) is 119 Å². The molecule has 0 aliphatic rings. The van der Waals surface area contributed by atoms with E-state index < -0.39 is 23.8 Å². The van der Waals surface area contributed by atoms with Crippen LogP contribution in [0.5, 0.6) is 0 Å². The molecule has 0 aliphatic heterocycles. The van der Waals surface area contributed by atoms with Crippen LogP contribution in [0.15, 0.2) is 97.1 Å². The van der Waals surface area contributed by atoms with Crippen molar-refractivity contribution in [1.82, 2.24) is 0 Å². The van der Waals surface area contributed by atoms with Crippen LogP contribution in [-0.4, -0.2) is 34.0 Å². The molecule has 8 N–H and O–H groups in total. The zero-order valence-corrected chi connectivity index (χ0v) is 23.9. The fourth-order valence-electron chi connectivity index (χ4n) is 6.25. The molecule has 46 heavy (non-hydrogen) atoms. The van der Waals surface area contributed by atoms with Gasteiger partial charge < -0.3 is 32.3 Å². The van der Waals surface area contributed by atoms with E-state index in [4.69, 9.17) is 11.5 Å². The molecule has 10 nitrogen and oxygen atoms in total. The average molecular weight is 609 g/mol. The van der Waals surface area contributed by atoms with Crippen LogP contribution in [-0.2, 0) is 0 Å². The highest BCUT2D eigenvalue weighted by atomic mass is 16.4. The smallest absolute Gasteiger partial charge is 0.336 e. The number of aromatic carboxylic acids is 2. The standard InChI is InChI=1S/C36H24N4O6/c37-17-3-1-5-19(15-17)39-33(41)25-11-7-21-23-9-13-27(35(43)44)32-28(36(45)46)14-10-24(30(23)32)22-8-12-26(31(25)29(21)22)34(42)40-20-6-2-4-18(38)16-20/h1-16H,37-38H2,(H,39,41)(H,40,42)(H,43,44)(H,45,46). The van der Waals surface area contributed by atoms with E-state index in [2.05, 4.69) is 10.6 Å². The summed E-state index contributed by atoms with van der Waals surface area (Å²) in [6.45, 7) is 0. The van der Waals surface area contributed by atoms with E-state index in [-0.39, 0.29) is 27.6 Å². The van der Waals surface area contributed by atoms with Gasteiger partial charge in [0.15, 0.2) is 0 Å². The maximum absolute atomic E-state index is 13.9. The fraction of sp³-hybridized carbons (Fsp3) is 0. The van der Waals surface area contributed by atoms with Crippen LogP contribution in [0.4, 0.5) is 22.7 Å². The summed E-state index contributed by atoms with van der Waals surface area (Å²) >= 11 is 0. The Morgan fingerprint density at radius 2 is 0.804 bits per heavy atom. The number of benzene rings is 7. The second-order valence-electron chi connectivity index (χ2n) is 10.9. The second-order valence-corrected chi connectivity index (χ2v) is 10.9. The van der Waals surface area contributed by atoms with Crippen LogP contribution in [0.1, 0.15) is 41.4 Å². The number of anilines is 4. The quantitative estimate of drug-likeness (QED) is 0.0676. The molecular formula is C36H24N4O6. The molecule has 0 saturated heterocycles. The zero-order chi connectivity index (χ0) is 32.3. The lowest BCUT2D eigenvalue weighted by Gasteiger charge is -2.20. The average Bonchev–Trinajstić information content (AvgIpc) is 3.02. The van der Waals surface area contributed by atoms with E-state index in [9.17, 15) is 29.4 Å². The summed E-state index contributed by atoms with van der Waals surface area (Å²) in [7, 11) is 0. The lowest BCUT2D eigenvalue weighted by atomic mass is 9.84. The maximum atomic E-state index is 13.9. The second kappa shape index (κ2) is 10.5. The first-order chi connectivity index (χ1) is 22.1. The Labute approximate surface area is 260 Å². The van der Waals surface area contributed by atoms with E-state index in [1.165, 1.54) is 12.1 Å². The minimum Gasteiger partial charge on any atom is -0.478 e. The van der Waals surface area contributed by atoms with Crippen LogP contribution in [0, 0.1) is 0 Å². The van der Waals surface area contributed by atoms with Gasteiger partial charge in [0.25, 0.3) is 11.8 Å². The van der Waals surface area contributed by atoms with Crippen LogP contribution in [0.2, 0.25) is 0 Å². The fourth-order valence-corrected chi connectivity index (χ4v) is 6.25. The molecule has 2 amide bonds. The summed E-state index contributed by atoms with van der Waals surface area (Å²) in [6, 6.07) is 26.1. The Hall–Kier alpha value is -6.68. The van der Waals surface area contributed by atoms with Gasteiger partial charge in [-0.1, -0.05) is 36.4 Å².